The first-order chi connectivity index (χ1) is 12.0. The smallest absolute Gasteiger partial charge is 0.256 e. The lowest BCUT2D eigenvalue weighted by Gasteiger charge is -2.19. The standard InChI is InChI=1S/C17H20N6OS/c1-10-11(17(24)23-6-3-2-4-15(23)21-10)5-7-25-16-12(9-18)13(19)8-14(20)22-16/h8H,2-7H2,1H3,(H4,19,20,22). The van der Waals surface area contributed by atoms with Crippen LogP contribution < -0.4 is 17.0 Å². The lowest BCUT2D eigenvalue weighted by Crippen LogP contribution is -2.32. The molecule has 0 amide bonds. The number of aromatic nitrogens is 3. The number of hydrogen-bond donors (Lipinski definition) is 2. The summed E-state index contributed by atoms with van der Waals surface area (Å²) in [6.45, 7) is 2.63. The second-order valence-electron chi connectivity index (χ2n) is 6.03. The predicted octanol–water partition coefficient (Wildman–Crippen LogP) is 1.65. The molecule has 1 aliphatic rings. The minimum atomic E-state index is 0.0587. The van der Waals surface area contributed by atoms with Crippen molar-refractivity contribution in [1.29, 1.82) is 5.26 Å². The van der Waals surface area contributed by atoms with Gasteiger partial charge in [0.1, 0.15) is 28.3 Å². The van der Waals surface area contributed by atoms with Crippen LogP contribution in [0.1, 0.15) is 35.5 Å². The summed E-state index contributed by atoms with van der Waals surface area (Å²) in [4.78, 5) is 21.5. The Labute approximate surface area is 150 Å². The highest BCUT2D eigenvalue weighted by Gasteiger charge is 2.17. The molecule has 0 aliphatic carbocycles. The van der Waals surface area contributed by atoms with E-state index in [2.05, 4.69) is 16.0 Å². The maximum atomic E-state index is 12.7. The molecular formula is C17H20N6OS. The molecule has 2 aromatic heterocycles. The van der Waals surface area contributed by atoms with Crippen LogP contribution in [0.5, 0.6) is 0 Å². The highest BCUT2D eigenvalue weighted by Crippen LogP contribution is 2.27. The van der Waals surface area contributed by atoms with Gasteiger partial charge in [-0.05, 0) is 26.2 Å². The molecule has 0 spiro atoms. The number of rotatable bonds is 4. The van der Waals surface area contributed by atoms with Crippen molar-refractivity contribution in [1.82, 2.24) is 14.5 Å². The molecule has 1 aliphatic heterocycles. The highest BCUT2D eigenvalue weighted by molar-refractivity contribution is 7.99. The van der Waals surface area contributed by atoms with E-state index in [4.69, 9.17) is 11.5 Å². The second kappa shape index (κ2) is 7.15. The van der Waals surface area contributed by atoms with Gasteiger partial charge in [0, 0.05) is 36.0 Å². The number of anilines is 2. The van der Waals surface area contributed by atoms with Gasteiger partial charge in [0.2, 0.25) is 0 Å². The molecule has 3 rings (SSSR count). The van der Waals surface area contributed by atoms with E-state index in [0.29, 0.717) is 28.5 Å². The lowest BCUT2D eigenvalue weighted by molar-refractivity contribution is 0.490. The number of nitrogen functional groups attached to an aromatic ring is 2. The minimum Gasteiger partial charge on any atom is -0.397 e. The molecule has 0 saturated carbocycles. The fraction of sp³-hybridized carbons (Fsp3) is 0.412. The quantitative estimate of drug-likeness (QED) is 0.798. The van der Waals surface area contributed by atoms with Gasteiger partial charge in [-0.2, -0.15) is 5.26 Å². The number of hydrogen-bond acceptors (Lipinski definition) is 7. The molecule has 0 aromatic carbocycles. The Kier molecular flexibility index (Phi) is 4.95. The van der Waals surface area contributed by atoms with E-state index in [0.717, 1.165) is 42.9 Å². The van der Waals surface area contributed by atoms with Gasteiger partial charge in [-0.3, -0.25) is 9.36 Å². The van der Waals surface area contributed by atoms with E-state index in [9.17, 15) is 10.1 Å². The Morgan fingerprint density at radius 1 is 1.36 bits per heavy atom. The normalized spacial score (nSPS) is 13.3. The van der Waals surface area contributed by atoms with E-state index >= 15 is 0 Å². The van der Waals surface area contributed by atoms with Gasteiger partial charge >= 0.3 is 0 Å². The van der Waals surface area contributed by atoms with Crippen LogP contribution in [-0.2, 0) is 19.4 Å². The van der Waals surface area contributed by atoms with Crippen molar-refractivity contribution in [3.05, 3.63) is 39.1 Å². The fourth-order valence-electron chi connectivity index (χ4n) is 3.05. The highest BCUT2D eigenvalue weighted by atomic mass is 32.2. The third-order valence-corrected chi connectivity index (χ3v) is 5.30. The monoisotopic (exact) mass is 356 g/mol. The van der Waals surface area contributed by atoms with E-state index in [1.54, 1.807) is 4.57 Å². The summed E-state index contributed by atoms with van der Waals surface area (Å²) in [5.74, 6) is 1.77. The van der Waals surface area contributed by atoms with Crippen LogP contribution in [-0.4, -0.2) is 20.3 Å². The van der Waals surface area contributed by atoms with Crippen LogP contribution in [0.25, 0.3) is 0 Å². The lowest BCUT2D eigenvalue weighted by atomic mass is 10.1. The molecule has 8 heteroatoms. The molecule has 0 unspecified atom stereocenters. The summed E-state index contributed by atoms with van der Waals surface area (Å²) in [6, 6.07) is 3.54. The SMILES string of the molecule is Cc1nc2n(c(=O)c1CCSc1nc(N)cc(N)c1C#N)CCCC2. The molecule has 0 radical (unpaired) electrons. The second-order valence-corrected chi connectivity index (χ2v) is 7.12. The molecule has 0 atom stereocenters. The Balaban J connectivity index is 1.80. The van der Waals surface area contributed by atoms with Crippen molar-refractivity contribution >= 4 is 23.3 Å². The number of fused-ring (bicyclic) bond motifs is 1. The van der Waals surface area contributed by atoms with Crippen molar-refractivity contribution in [2.24, 2.45) is 0 Å². The van der Waals surface area contributed by atoms with Crippen molar-refractivity contribution in [2.45, 2.75) is 44.2 Å². The summed E-state index contributed by atoms with van der Waals surface area (Å²) in [5.41, 5.74) is 13.8. The summed E-state index contributed by atoms with van der Waals surface area (Å²) < 4.78 is 1.80. The van der Waals surface area contributed by atoms with Crippen LogP contribution in [0.2, 0.25) is 0 Å². The van der Waals surface area contributed by atoms with Crippen LogP contribution in [0, 0.1) is 18.3 Å². The maximum Gasteiger partial charge on any atom is 0.256 e. The molecule has 3 heterocycles. The largest absolute Gasteiger partial charge is 0.397 e. The number of nitriles is 1. The minimum absolute atomic E-state index is 0.0587. The Bertz CT molecular complexity index is 915. The van der Waals surface area contributed by atoms with Gasteiger partial charge in [-0.25, -0.2) is 9.97 Å². The molecule has 7 nitrogen and oxygen atoms in total. The van der Waals surface area contributed by atoms with Crippen molar-refractivity contribution in [3.63, 3.8) is 0 Å². The number of nitrogens with zero attached hydrogens (tertiary/aromatic N) is 4. The van der Waals surface area contributed by atoms with Crippen LogP contribution in [0.3, 0.4) is 0 Å². The zero-order valence-corrected chi connectivity index (χ0v) is 14.9. The molecule has 0 bridgehead atoms. The first kappa shape index (κ1) is 17.3. The molecule has 130 valence electrons. The Hall–Kier alpha value is -2.53. The van der Waals surface area contributed by atoms with E-state index in [1.165, 1.54) is 17.8 Å². The van der Waals surface area contributed by atoms with Crippen molar-refractivity contribution in [2.75, 3.05) is 17.2 Å². The van der Waals surface area contributed by atoms with Gasteiger partial charge in [0.05, 0.1) is 5.69 Å². The van der Waals surface area contributed by atoms with Crippen LogP contribution in [0.15, 0.2) is 15.9 Å². The van der Waals surface area contributed by atoms with E-state index in [1.807, 2.05) is 6.92 Å². The summed E-state index contributed by atoms with van der Waals surface area (Å²) >= 11 is 1.38. The first-order valence-electron chi connectivity index (χ1n) is 8.19. The van der Waals surface area contributed by atoms with E-state index in [-0.39, 0.29) is 11.4 Å². The molecule has 25 heavy (non-hydrogen) atoms. The zero-order valence-electron chi connectivity index (χ0n) is 14.1. The Morgan fingerprint density at radius 3 is 2.92 bits per heavy atom. The molecule has 4 N–H and O–H groups in total. The van der Waals surface area contributed by atoms with Gasteiger partial charge in [0.25, 0.3) is 5.56 Å². The number of nitrogens with two attached hydrogens (primary N) is 2. The van der Waals surface area contributed by atoms with E-state index < -0.39 is 0 Å². The predicted molar refractivity (Wildman–Crippen MR) is 98.4 cm³/mol. The topological polar surface area (TPSA) is 124 Å². The fourth-order valence-corrected chi connectivity index (χ4v) is 4.02. The summed E-state index contributed by atoms with van der Waals surface area (Å²) in [5, 5.41) is 9.74. The average Bonchev–Trinajstić information content (AvgIpc) is 2.57. The van der Waals surface area contributed by atoms with Gasteiger partial charge in [-0.15, -0.1) is 11.8 Å². The first-order valence-corrected chi connectivity index (χ1v) is 9.18. The Morgan fingerprint density at radius 2 is 2.16 bits per heavy atom. The molecular weight excluding hydrogens is 336 g/mol. The maximum absolute atomic E-state index is 12.7. The van der Waals surface area contributed by atoms with Gasteiger partial charge in [0.15, 0.2) is 0 Å². The summed E-state index contributed by atoms with van der Waals surface area (Å²) in [6.07, 6.45) is 3.53. The van der Waals surface area contributed by atoms with Crippen molar-refractivity contribution in [3.8, 4) is 6.07 Å². The van der Waals surface area contributed by atoms with Crippen LogP contribution in [0.4, 0.5) is 11.5 Å². The number of pyridine rings is 1. The zero-order chi connectivity index (χ0) is 18.0. The molecule has 0 fully saturated rings. The third-order valence-electron chi connectivity index (χ3n) is 4.32. The average molecular weight is 356 g/mol. The molecule has 0 saturated heterocycles. The number of thioether (sulfide) groups is 1. The van der Waals surface area contributed by atoms with Crippen LogP contribution >= 0.6 is 11.8 Å². The van der Waals surface area contributed by atoms with Gasteiger partial charge in [-0.1, -0.05) is 0 Å². The number of aryl methyl sites for hydroxylation is 2. The molecule has 2 aromatic rings. The third kappa shape index (κ3) is 3.46. The van der Waals surface area contributed by atoms with Gasteiger partial charge < -0.3 is 11.5 Å². The van der Waals surface area contributed by atoms with Crippen molar-refractivity contribution < 1.29 is 0 Å². The summed E-state index contributed by atoms with van der Waals surface area (Å²) in [7, 11) is 0.